The lowest BCUT2D eigenvalue weighted by Gasteiger charge is -2.40. The number of nitrogens with zero attached hydrogens (tertiary/aromatic N) is 2. The minimum absolute atomic E-state index is 0.197. The standard InChI is InChI=1S/C18H27N3/c19-18-16-7-2-1-5-14(16)8-9-17(18)21-12-4-11-20-10-3-6-15(20)13-21/h1-2,5,7,15,17-18H,3-4,6,8-13,19H2. The molecule has 2 saturated heterocycles. The van der Waals surface area contributed by atoms with Gasteiger partial charge in [-0.2, -0.15) is 0 Å². The number of nitrogens with two attached hydrogens (primary N) is 1. The summed E-state index contributed by atoms with van der Waals surface area (Å²) >= 11 is 0. The predicted octanol–water partition coefficient (Wildman–Crippen LogP) is 2.17. The molecule has 0 spiro atoms. The van der Waals surface area contributed by atoms with Crippen molar-refractivity contribution in [1.29, 1.82) is 0 Å². The maximum atomic E-state index is 6.65. The normalized spacial score (nSPS) is 34.2. The van der Waals surface area contributed by atoms with Gasteiger partial charge in [-0.3, -0.25) is 9.80 Å². The molecule has 1 aromatic carbocycles. The van der Waals surface area contributed by atoms with Gasteiger partial charge in [-0.1, -0.05) is 24.3 Å². The molecule has 0 amide bonds. The minimum atomic E-state index is 0.197. The van der Waals surface area contributed by atoms with Crippen molar-refractivity contribution >= 4 is 0 Å². The second-order valence-corrected chi connectivity index (χ2v) is 7.01. The third kappa shape index (κ3) is 2.52. The number of hydrogen-bond donors (Lipinski definition) is 1. The molecule has 0 bridgehead atoms. The van der Waals surface area contributed by atoms with Crippen LogP contribution in [-0.4, -0.2) is 48.1 Å². The third-order valence-corrected chi connectivity index (χ3v) is 5.84. The lowest BCUT2D eigenvalue weighted by molar-refractivity contribution is 0.140. The van der Waals surface area contributed by atoms with Gasteiger partial charge in [0.15, 0.2) is 0 Å². The zero-order valence-corrected chi connectivity index (χ0v) is 12.9. The lowest BCUT2D eigenvalue weighted by Crippen LogP contribution is -2.48. The van der Waals surface area contributed by atoms with E-state index in [1.165, 1.54) is 69.4 Å². The SMILES string of the molecule is NC1c2ccccc2CCC1N1CCCN2CCCC2C1. The van der Waals surface area contributed by atoms with Crippen molar-refractivity contribution < 1.29 is 0 Å². The van der Waals surface area contributed by atoms with E-state index >= 15 is 0 Å². The van der Waals surface area contributed by atoms with Gasteiger partial charge < -0.3 is 5.73 Å². The van der Waals surface area contributed by atoms with Gasteiger partial charge in [0.25, 0.3) is 0 Å². The first-order valence-corrected chi connectivity index (χ1v) is 8.64. The molecule has 0 radical (unpaired) electrons. The Hall–Kier alpha value is -0.900. The molecule has 3 unspecified atom stereocenters. The van der Waals surface area contributed by atoms with Gasteiger partial charge in [0.05, 0.1) is 0 Å². The summed E-state index contributed by atoms with van der Waals surface area (Å²) in [4.78, 5) is 5.43. The highest BCUT2D eigenvalue weighted by molar-refractivity contribution is 5.33. The van der Waals surface area contributed by atoms with Crippen LogP contribution in [-0.2, 0) is 6.42 Å². The second kappa shape index (κ2) is 5.71. The summed E-state index contributed by atoms with van der Waals surface area (Å²) in [7, 11) is 0. The molecule has 21 heavy (non-hydrogen) atoms. The Kier molecular flexibility index (Phi) is 3.74. The number of hydrogen-bond acceptors (Lipinski definition) is 3. The van der Waals surface area contributed by atoms with E-state index in [0.717, 1.165) is 6.04 Å². The van der Waals surface area contributed by atoms with E-state index in [4.69, 9.17) is 5.73 Å². The fraction of sp³-hybridized carbons (Fsp3) is 0.667. The molecule has 2 N–H and O–H groups in total. The smallest absolute Gasteiger partial charge is 0.0455 e. The highest BCUT2D eigenvalue weighted by Gasteiger charge is 2.35. The minimum Gasteiger partial charge on any atom is -0.323 e. The van der Waals surface area contributed by atoms with Crippen molar-refractivity contribution in [3.05, 3.63) is 35.4 Å². The van der Waals surface area contributed by atoms with Crippen LogP contribution < -0.4 is 5.73 Å². The van der Waals surface area contributed by atoms with Crippen LogP contribution >= 0.6 is 0 Å². The van der Waals surface area contributed by atoms with Gasteiger partial charge in [0, 0.05) is 24.7 Å². The van der Waals surface area contributed by atoms with Gasteiger partial charge in [-0.15, -0.1) is 0 Å². The summed E-state index contributed by atoms with van der Waals surface area (Å²) in [5.74, 6) is 0. The summed E-state index contributed by atoms with van der Waals surface area (Å²) in [5.41, 5.74) is 9.52. The van der Waals surface area contributed by atoms with Crippen molar-refractivity contribution in [2.75, 3.05) is 26.2 Å². The van der Waals surface area contributed by atoms with E-state index in [9.17, 15) is 0 Å². The van der Waals surface area contributed by atoms with E-state index in [0.29, 0.717) is 6.04 Å². The van der Waals surface area contributed by atoms with Gasteiger partial charge >= 0.3 is 0 Å². The van der Waals surface area contributed by atoms with Crippen LogP contribution in [0.15, 0.2) is 24.3 Å². The Labute approximate surface area is 128 Å². The highest BCUT2D eigenvalue weighted by atomic mass is 15.3. The average Bonchev–Trinajstić information content (AvgIpc) is 2.85. The van der Waals surface area contributed by atoms with E-state index in [-0.39, 0.29) is 6.04 Å². The largest absolute Gasteiger partial charge is 0.323 e. The fourth-order valence-corrected chi connectivity index (χ4v) is 4.72. The number of benzene rings is 1. The molecule has 4 rings (SSSR count). The molecule has 2 heterocycles. The second-order valence-electron chi connectivity index (χ2n) is 7.01. The van der Waals surface area contributed by atoms with E-state index in [2.05, 4.69) is 34.1 Å². The first-order valence-electron chi connectivity index (χ1n) is 8.64. The van der Waals surface area contributed by atoms with Crippen LogP contribution in [0.3, 0.4) is 0 Å². The Morgan fingerprint density at radius 3 is 2.71 bits per heavy atom. The molecule has 3 atom stereocenters. The molecule has 1 aromatic rings. The van der Waals surface area contributed by atoms with Crippen LogP contribution in [0.5, 0.6) is 0 Å². The maximum absolute atomic E-state index is 6.65. The van der Waals surface area contributed by atoms with Crippen LogP contribution in [0.2, 0.25) is 0 Å². The molecular formula is C18H27N3. The zero-order chi connectivity index (χ0) is 14.2. The monoisotopic (exact) mass is 285 g/mol. The number of rotatable bonds is 1. The molecule has 0 aromatic heterocycles. The number of fused-ring (bicyclic) bond motifs is 2. The molecule has 3 aliphatic rings. The molecular weight excluding hydrogens is 258 g/mol. The zero-order valence-electron chi connectivity index (χ0n) is 12.9. The maximum Gasteiger partial charge on any atom is 0.0455 e. The van der Waals surface area contributed by atoms with Crippen molar-refractivity contribution in [2.24, 2.45) is 5.73 Å². The van der Waals surface area contributed by atoms with Crippen molar-refractivity contribution in [2.45, 2.75) is 50.2 Å². The van der Waals surface area contributed by atoms with Crippen molar-refractivity contribution in [3.8, 4) is 0 Å². The van der Waals surface area contributed by atoms with Gasteiger partial charge in [-0.05, 0) is 62.9 Å². The first kappa shape index (κ1) is 13.7. The summed E-state index contributed by atoms with van der Waals surface area (Å²) < 4.78 is 0. The molecule has 3 nitrogen and oxygen atoms in total. The fourth-order valence-electron chi connectivity index (χ4n) is 4.72. The van der Waals surface area contributed by atoms with Gasteiger partial charge in [-0.25, -0.2) is 0 Å². The van der Waals surface area contributed by atoms with E-state index in [1.54, 1.807) is 0 Å². The predicted molar refractivity (Wildman–Crippen MR) is 86.3 cm³/mol. The third-order valence-electron chi connectivity index (χ3n) is 5.84. The van der Waals surface area contributed by atoms with Crippen molar-refractivity contribution in [3.63, 3.8) is 0 Å². The molecule has 2 fully saturated rings. The van der Waals surface area contributed by atoms with E-state index < -0.39 is 0 Å². The Morgan fingerprint density at radius 1 is 0.952 bits per heavy atom. The summed E-state index contributed by atoms with van der Waals surface area (Å²) in [6, 6.07) is 10.3. The van der Waals surface area contributed by atoms with Crippen LogP contribution in [0.1, 0.15) is 42.9 Å². The molecule has 1 aliphatic carbocycles. The topological polar surface area (TPSA) is 32.5 Å². The van der Waals surface area contributed by atoms with Gasteiger partial charge in [0.2, 0.25) is 0 Å². The first-order chi connectivity index (χ1) is 10.3. The average molecular weight is 285 g/mol. The van der Waals surface area contributed by atoms with E-state index in [1.807, 2.05) is 0 Å². The Bertz CT molecular complexity index is 501. The molecule has 114 valence electrons. The van der Waals surface area contributed by atoms with Crippen LogP contribution in [0, 0.1) is 0 Å². The quantitative estimate of drug-likeness (QED) is 0.858. The highest BCUT2D eigenvalue weighted by Crippen LogP contribution is 2.33. The Balaban J connectivity index is 1.54. The van der Waals surface area contributed by atoms with Crippen molar-refractivity contribution in [1.82, 2.24) is 9.80 Å². The lowest BCUT2D eigenvalue weighted by atomic mass is 9.83. The molecule has 2 aliphatic heterocycles. The summed E-state index contributed by atoms with van der Waals surface area (Å²) in [6.07, 6.45) is 6.50. The number of aryl methyl sites for hydroxylation is 1. The van der Waals surface area contributed by atoms with Crippen LogP contribution in [0.4, 0.5) is 0 Å². The Morgan fingerprint density at radius 2 is 1.76 bits per heavy atom. The van der Waals surface area contributed by atoms with Gasteiger partial charge in [0.1, 0.15) is 0 Å². The van der Waals surface area contributed by atoms with Crippen LogP contribution in [0.25, 0.3) is 0 Å². The molecule has 0 saturated carbocycles. The molecule has 3 heteroatoms. The summed E-state index contributed by atoms with van der Waals surface area (Å²) in [5, 5.41) is 0. The summed E-state index contributed by atoms with van der Waals surface area (Å²) in [6.45, 7) is 5.08.